The largest absolute Gasteiger partial charge is 0.487 e. The zero-order valence-corrected chi connectivity index (χ0v) is 5.95. The first-order valence-corrected chi connectivity index (χ1v) is 3.24. The molecule has 0 atom stereocenters. The topological polar surface area (TPSA) is 116 Å². The summed E-state index contributed by atoms with van der Waals surface area (Å²) in [6.45, 7) is 0. The summed E-state index contributed by atoms with van der Waals surface area (Å²) in [5.74, 6) is 0. The molecule has 3 rings (SSSR count). The van der Waals surface area contributed by atoms with Crippen molar-refractivity contribution in [3.8, 4) is 0 Å². The van der Waals surface area contributed by atoms with Crippen LogP contribution >= 0.6 is 0 Å². The molecule has 0 N–H and O–H groups in total. The van der Waals surface area contributed by atoms with E-state index in [9.17, 15) is 4.91 Å². The van der Waals surface area contributed by atoms with Gasteiger partial charge in [0.05, 0.1) is 10.3 Å². The molecule has 0 aliphatic heterocycles. The first kappa shape index (κ1) is 6.22. The zero-order chi connectivity index (χ0) is 8.84. The maximum atomic E-state index is 10.6. The average Bonchev–Trinajstić information content (AvgIpc) is 2.63. The normalized spacial score (nSPS) is 11.4. The standard InChI is InChI=1S/C4N7O2/c12-11-7-1-2(8-11)6-4-3(5-1)9-13-10-4/q-1. The minimum atomic E-state index is 0.123. The third-order valence-electron chi connectivity index (χ3n) is 1.44. The Hall–Kier alpha value is -2.32. The summed E-state index contributed by atoms with van der Waals surface area (Å²) in [7, 11) is 0. The molecule has 9 heteroatoms. The molecule has 0 saturated heterocycles. The van der Waals surface area contributed by atoms with E-state index < -0.39 is 0 Å². The maximum Gasteiger partial charge on any atom is 0.213 e. The van der Waals surface area contributed by atoms with Crippen LogP contribution in [-0.2, 0) is 0 Å². The van der Waals surface area contributed by atoms with Gasteiger partial charge in [-0.15, -0.1) is 0 Å². The van der Waals surface area contributed by atoms with E-state index in [0.29, 0.717) is 0 Å². The lowest BCUT2D eigenvalue weighted by Crippen LogP contribution is -2.22. The van der Waals surface area contributed by atoms with E-state index in [1.165, 1.54) is 0 Å². The molecular formula is C4N7O2-. The smallest absolute Gasteiger partial charge is 0.213 e. The van der Waals surface area contributed by atoms with Gasteiger partial charge in [-0.25, -0.2) is 14.7 Å². The molecular weight excluding hydrogens is 178 g/mol. The molecule has 0 radical (unpaired) electrons. The van der Waals surface area contributed by atoms with Gasteiger partial charge in [-0.1, -0.05) is 5.16 Å². The van der Waals surface area contributed by atoms with Gasteiger partial charge in [-0.05, 0) is 10.8 Å². The molecule has 0 fully saturated rings. The van der Waals surface area contributed by atoms with E-state index in [-0.39, 0.29) is 27.2 Å². The lowest BCUT2D eigenvalue weighted by molar-refractivity contribution is -0.629. The highest BCUT2D eigenvalue weighted by molar-refractivity contribution is 5.75. The van der Waals surface area contributed by atoms with E-state index in [1.807, 2.05) is 0 Å². The van der Waals surface area contributed by atoms with Crippen molar-refractivity contribution in [2.24, 2.45) is 0 Å². The molecule has 0 aliphatic carbocycles. The van der Waals surface area contributed by atoms with Gasteiger partial charge in [0.2, 0.25) is 5.65 Å². The van der Waals surface area contributed by atoms with Gasteiger partial charge < -0.3 is 4.98 Å². The lowest BCUT2D eigenvalue weighted by atomic mass is 10.6. The zero-order valence-electron chi connectivity index (χ0n) is 5.95. The maximum absolute atomic E-state index is 10.6. The Bertz CT molecular complexity index is 581. The third-order valence-corrected chi connectivity index (χ3v) is 1.44. The molecule has 64 valence electrons. The summed E-state index contributed by atoms with van der Waals surface area (Å²) in [6.07, 6.45) is 0. The minimum Gasteiger partial charge on any atom is -0.487 e. The predicted molar refractivity (Wildman–Crippen MR) is 34.9 cm³/mol. The first-order valence-electron chi connectivity index (χ1n) is 3.24. The second kappa shape index (κ2) is 1.88. The summed E-state index contributed by atoms with van der Waals surface area (Å²) >= 11 is 0. The molecule has 0 aliphatic rings. The number of hydrogen-bond acceptors (Lipinski definition) is 6. The molecule has 0 spiro atoms. The summed E-state index contributed by atoms with van der Waals surface area (Å²) in [5, 5.41) is 13.7. The van der Waals surface area contributed by atoms with Crippen LogP contribution in [0.3, 0.4) is 0 Å². The molecule has 0 saturated carbocycles. The van der Waals surface area contributed by atoms with Crippen LogP contribution in [0.2, 0.25) is 0 Å². The van der Waals surface area contributed by atoms with Gasteiger partial charge in [-0.3, -0.25) is 0 Å². The van der Waals surface area contributed by atoms with Gasteiger partial charge in [0, 0.05) is 4.91 Å². The number of rotatable bonds is 0. The second-order valence-corrected chi connectivity index (χ2v) is 2.23. The van der Waals surface area contributed by atoms with Crippen LogP contribution in [0, 0.1) is 4.91 Å². The monoisotopic (exact) mass is 178 g/mol. The van der Waals surface area contributed by atoms with Gasteiger partial charge >= 0.3 is 0 Å². The Morgan fingerprint density at radius 2 is 1.62 bits per heavy atom. The van der Waals surface area contributed by atoms with Gasteiger partial charge in [-0.2, -0.15) is 5.10 Å². The second-order valence-electron chi connectivity index (χ2n) is 2.23. The number of nitrogens with zero attached hydrogens (tertiary/aromatic N) is 7. The van der Waals surface area contributed by atoms with Crippen molar-refractivity contribution in [1.82, 2.24) is 30.5 Å². The van der Waals surface area contributed by atoms with Crippen LogP contribution < -0.4 is 14.9 Å². The van der Waals surface area contributed by atoms with Crippen molar-refractivity contribution in [2.45, 2.75) is 0 Å². The highest BCUT2D eigenvalue weighted by Crippen LogP contribution is 2.05. The van der Waals surface area contributed by atoms with Crippen LogP contribution in [0.5, 0.6) is 0 Å². The number of hydrogen-bond donors (Lipinski definition) is 0. The van der Waals surface area contributed by atoms with Crippen LogP contribution in [0.15, 0.2) is 4.63 Å². The molecule has 0 amide bonds. The highest BCUT2D eigenvalue weighted by Gasteiger charge is 1.98. The lowest BCUT2D eigenvalue weighted by Gasteiger charge is -1.95. The minimum absolute atomic E-state index is 0.123. The Labute approximate surface area is 68.3 Å². The van der Waals surface area contributed by atoms with E-state index in [4.69, 9.17) is 0 Å². The molecule has 0 unspecified atom stereocenters. The Kier molecular flexibility index (Phi) is 0.902. The summed E-state index contributed by atoms with van der Waals surface area (Å²) in [4.78, 5) is 18.3. The SMILES string of the molecule is O=[n+]1[n-]c2nc3nonc3nc2[n-]1. The predicted octanol–water partition coefficient (Wildman–Crippen LogP) is -2.01. The number of fused-ring (bicyclic) bond motifs is 2. The fraction of sp³-hybridized carbons (Fsp3) is 0. The Morgan fingerprint density at radius 3 is 2.15 bits per heavy atom. The molecule has 9 nitrogen and oxygen atoms in total. The van der Waals surface area contributed by atoms with E-state index in [1.54, 1.807) is 0 Å². The average molecular weight is 178 g/mol. The molecule has 3 aromatic heterocycles. The van der Waals surface area contributed by atoms with Crippen molar-refractivity contribution in [3.63, 3.8) is 0 Å². The summed E-state index contributed by atoms with van der Waals surface area (Å²) in [6, 6.07) is 0. The van der Waals surface area contributed by atoms with E-state index in [0.717, 1.165) is 0 Å². The van der Waals surface area contributed by atoms with Gasteiger partial charge in [0.1, 0.15) is 5.65 Å². The van der Waals surface area contributed by atoms with E-state index >= 15 is 0 Å². The fourth-order valence-electron chi connectivity index (χ4n) is 0.939. The van der Waals surface area contributed by atoms with Crippen molar-refractivity contribution < 1.29 is 9.29 Å². The third kappa shape index (κ3) is 0.745. The molecule has 13 heavy (non-hydrogen) atoms. The summed E-state index contributed by atoms with van der Waals surface area (Å²) in [5.41, 5.74) is 0.650. The quantitative estimate of drug-likeness (QED) is 0.362. The van der Waals surface area contributed by atoms with Crippen molar-refractivity contribution in [3.05, 3.63) is 4.91 Å². The van der Waals surface area contributed by atoms with Gasteiger partial charge in [0.25, 0.3) is 0 Å². The van der Waals surface area contributed by atoms with Crippen molar-refractivity contribution in [2.75, 3.05) is 0 Å². The first-order chi connectivity index (χ1) is 6.33. The molecule has 3 aromatic rings. The van der Waals surface area contributed by atoms with Gasteiger partial charge in [0.15, 0.2) is 0 Å². The van der Waals surface area contributed by atoms with Crippen LogP contribution in [0.1, 0.15) is 0 Å². The van der Waals surface area contributed by atoms with Crippen LogP contribution in [0.4, 0.5) is 0 Å². The fourth-order valence-corrected chi connectivity index (χ4v) is 0.939. The van der Waals surface area contributed by atoms with E-state index in [2.05, 4.69) is 35.1 Å². The molecule has 0 bridgehead atoms. The van der Waals surface area contributed by atoms with Crippen LogP contribution in [-0.4, -0.2) is 20.3 Å². The van der Waals surface area contributed by atoms with Crippen molar-refractivity contribution in [1.29, 1.82) is 0 Å². The van der Waals surface area contributed by atoms with Crippen LogP contribution in [0.25, 0.3) is 22.6 Å². The number of aromatic nitrogens is 7. The molecule has 0 aromatic carbocycles. The Balaban J connectivity index is 2.62. The summed E-state index contributed by atoms with van der Waals surface area (Å²) < 4.78 is 4.51. The molecule has 3 heterocycles. The van der Waals surface area contributed by atoms with Crippen molar-refractivity contribution >= 4 is 22.6 Å². The Morgan fingerprint density at radius 1 is 1.08 bits per heavy atom. The highest BCUT2D eigenvalue weighted by atomic mass is 16.6.